The lowest BCUT2D eigenvalue weighted by Gasteiger charge is -2.40. The second kappa shape index (κ2) is 11.5. The van der Waals surface area contributed by atoms with Crippen LogP contribution >= 0.6 is 0 Å². The van der Waals surface area contributed by atoms with Crippen LogP contribution in [0.1, 0.15) is 41.6 Å². The number of methoxy groups -OCH3 is 1. The van der Waals surface area contributed by atoms with Crippen LogP contribution in [0.2, 0.25) is 0 Å². The second-order valence-corrected chi connectivity index (χ2v) is 9.19. The largest absolute Gasteiger partial charge is 0.497 e. The molecule has 1 unspecified atom stereocenters. The Morgan fingerprint density at radius 2 is 1.71 bits per heavy atom. The zero-order valence-electron chi connectivity index (χ0n) is 19.8. The van der Waals surface area contributed by atoms with Gasteiger partial charge >= 0.3 is 0 Å². The van der Waals surface area contributed by atoms with Crippen LogP contribution in [-0.4, -0.2) is 67.5 Å². The fourth-order valence-corrected chi connectivity index (χ4v) is 5.19. The van der Waals surface area contributed by atoms with Crippen molar-refractivity contribution in [2.45, 2.75) is 38.1 Å². The molecule has 1 heterocycles. The lowest BCUT2D eigenvalue weighted by atomic mass is 9.94. The first-order valence-electron chi connectivity index (χ1n) is 12.3. The molecule has 1 atom stereocenters. The fraction of sp³-hybridized carbons (Fsp3) is 0.481. The van der Waals surface area contributed by atoms with Gasteiger partial charge in [-0.2, -0.15) is 0 Å². The average molecular weight is 468 g/mol. The highest BCUT2D eigenvalue weighted by Gasteiger charge is 2.37. The number of nitrogens with zero attached hydrogens (tertiary/aromatic N) is 2. The first-order valence-corrected chi connectivity index (χ1v) is 12.3. The van der Waals surface area contributed by atoms with Gasteiger partial charge in [0.15, 0.2) is 0 Å². The van der Waals surface area contributed by atoms with E-state index in [0.29, 0.717) is 38.6 Å². The molecule has 2 aromatic rings. The van der Waals surface area contributed by atoms with E-state index in [1.165, 1.54) is 12.1 Å². The number of amides is 2. The molecule has 34 heavy (non-hydrogen) atoms. The summed E-state index contributed by atoms with van der Waals surface area (Å²) in [5, 5.41) is 3.16. The number of hydrogen-bond donors (Lipinski definition) is 1. The predicted molar refractivity (Wildman–Crippen MR) is 129 cm³/mol. The quantitative estimate of drug-likeness (QED) is 0.646. The van der Waals surface area contributed by atoms with Gasteiger partial charge in [-0.1, -0.05) is 37.1 Å². The van der Waals surface area contributed by atoms with Gasteiger partial charge in [0.05, 0.1) is 18.7 Å². The number of ether oxygens (including phenoxy) is 1. The van der Waals surface area contributed by atoms with Crippen molar-refractivity contribution in [3.05, 3.63) is 65.5 Å². The zero-order valence-corrected chi connectivity index (χ0v) is 19.8. The van der Waals surface area contributed by atoms with E-state index in [2.05, 4.69) is 10.2 Å². The van der Waals surface area contributed by atoms with Gasteiger partial charge in [0, 0.05) is 32.7 Å². The van der Waals surface area contributed by atoms with Crippen molar-refractivity contribution in [3.8, 4) is 5.75 Å². The number of rotatable bonds is 8. The van der Waals surface area contributed by atoms with Crippen LogP contribution in [0, 0.1) is 11.7 Å². The van der Waals surface area contributed by atoms with Crippen molar-refractivity contribution >= 4 is 11.8 Å². The Morgan fingerprint density at radius 1 is 1.03 bits per heavy atom. The summed E-state index contributed by atoms with van der Waals surface area (Å²) in [6, 6.07) is 13.8. The predicted octanol–water partition coefficient (Wildman–Crippen LogP) is 3.51. The normalized spacial score (nSPS) is 18.0. The molecule has 0 spiro atoms. The Bertz CT molecular complexity index is 967. The van der Waals surface area contributed by atoms with Gasteiger partial charge in [0.25, 0.3) is 5.91 Å². The van der Waals surface area contributed by atoms with Crippen molar-refractivity contribution in [1.82, 2.24) is 15.1 Å². The van der Waals surface area contributed by atoms with E-state index in [-0.39, 0.29) is 23.4 Å². The number of hydrogen-bond acceptors (Lipinski definition) is 4. The lowest BCUT2D eigenvalue weighted by Crippen LogP contribution is -2.58. The van der Waals surface area contributed by atoms with Crippen molar-refractivity contribution in [1.29, 1.82) is 0 Å². The maximum absolute atomic E-state index is 14.1. The number of nitrogens with one attached hydrogen (secondary N) is 1. The molecule has 6 nitrogen and oxygen atoms in total. The van der Waals surface area contributed by atoms with E-state index in [1.807, 2.05) is 24.3 Å². The summed E-state index contributed by atoms with van der Waals surface area (Å²) in [4.78, 5) is 30.0. The van der Waals surface area contributed by atoms with Gasteiger partial charge in [-0.25, -0.2) is 4.39 Å². The van der Waals surface area contributed by atoms with E-state index in [0.717, 1.165) is 43.4 Å². The molecule has 2 fully saturated rings. The van der Waals surface area contributed by atoms with Crippen molar-refractivity contribution in [3.63, 3.8) is 0 Å². The van der Waals surface area contributed by atoms with E-state index >= 15 is 0 Å². The van der Waals surface area contributed by atoms with Crippen LogP contribution < -0.4 is 10.1 Å². The van der Waals surface area contributed by atoms with Crippen LogP contribution in [-0.2, 0) is 11.2 Å². The van der Waals surface area contributed by atoms with Crippen LogP contribution in [0.25, 0.3) is 0 Å². The van der Waals surface area contributed by atoms with Crippen molar-refractivity contribution in [2.75, 3.05) is 39.8 Å². The van der Waals surface area contributed by atoms with Gasteiger partial charge in [-0.15, -0.1) is 0 Å². The minimum absolute atomic E-state index is 0.0780. The third kappa shape index (κ3) is 5.76. The first-order chi connectivity index (χ1) is 16.6. The Kier molecular flexibility index (Phi) is 8.16. The molecule has 0 aromatic heterocycles. The molecule has 7 heteroatoms. The number of carbonyl (C=O) groups is 2. The average Bonchev–Trinajstić information content (AvgIpc) is 3.39. The molecule has 2 aromatic carbocycles. The molecule has 4 rings (SSSR count). The number of benzene rings is 2. The summed E-state index contributed by atoms with van der Waals surface area (Å²) in [6.07, 6.45) is 5.20. The van der Waals surface area contributed by atoms with Crippen LogP contribution in [0.5, 0.6) is 5.75 Å². The molecule has 1 aliphatic heterocycles. The highest BCUT2D eigenvalue weighted by molar-refractivity contribution is 5.94. The summed E-state index contributed by atoms with van der Waals surface area (Å²) in [6.45, 7) is 2.81. The minimum atomic E-state index is -0.491. The highest BCUT2D eigenvalue weighted by atomic mass is 19.1. The van der Waals surface area contributed by atoms with Crippen molar-refractivity contribution < 1.29 is 18.7 Å². The van der Waals surface area contributed by atoms with Gasteiger partial charge < -0.3 is 15.0 Å². The summed E-state index contributed by atoms with van der Waals surface area (Å²) < 4.78 is 19.3. The molecule has 2 amide bonds. The minimum Gasteiger partial charge on any atom is -0.497 e. The monoisotopic (exact) mass is 467 g/mol. The molecule has 0 bridgehead atoms. The highest BCUT2D eigenvalue weighted by Crippen LogP contribution is 2.31. The third-order valence-electron chi connectivity index (χ3n) is 7.09. The maximum atomic E-state index is 14.1. The van der Waals surface area contributed by atoms with Crippen LogP contribution in [0.15, 0.2) is 48.5 Å². The molecule has 182 valence electrons. The first kappa shape index (κ1) is 24.2. The number of halogens is 1. The Morgan fingerprint density at radius 3 is 2.35 bits per heavy atom. The number of piperazine rings is 1. The molecule has 0 radical (unpaired) electrons. The van der Waals surface area contributed by atoms with E-state index < -0.39 is 5.82 Å². The Hall–Kier alpha value is -2.93. The van der Waals surface area contributed by atoms with E-state index in [4.69, 9.17) is 4.74 Å². The third-order valence-corrected chi connectivity index (χ3v) is 7.09. The summed E-state index contributed by atoms with van der Waals surface area (Å²) in [5.74, 6) is 0.472. The molecule has 1 N–H and O–H groups in total. The van der Waals surface area contributed by atoms with Gasteiger partial charge in [0.1, 0.15) is 11.6 Å². The molecule has 1 aliphatic carbocycles. The lowest BCUT2D eigenvalue weighted by molar-refractivity contribution is -0.129. The smallest absolute Gasteiger partial charge is 0.256 e. The molecule has 2 aliphatic rings. The van der Waals surface area contributed by atoms with E-state index in [9.17, 15) is 14.0 Å². The summed E-state index contributed by atoms with van der Waals surface area (Å²) in [7, 11) is 1.65. The molecular weight excluding hydrogens is 433 g/mol. The SMILES string of the molecule is COc1ccc(CCNC(=O)C(C2CCCC2)N2CCN(C(=O)c3ccccc3F)CC2)cc1. The fourth-order valence-electron chi connectivity index (χ4n) is 5.19. The Balaban J connectivity index is 1.34. The van der Waals surface area contributed by atoms with Crippen molar-refractivity contribution in [2.24, 2.45) is 5.92 Å². The summed E-state index contributed by atoms with van der Waals surface area (Å²) in [5.41, 5.74) is 1.26. The van der Waals surface area contributed by atoms with Crippen LogP contribution in [0.4, 0.5) is 4.39 Å². The topological polar surface area (TPSA) is 61.9 Å². The standard InChI is InChI=1S/C27H34FN3O3/c1-34-22-12-10-20(11-13-22)14-15-29-26(32)25(21-6-2-3-7-21)30-16-18-31(19-17-30)27(33)23-8-4-5-9-24(23)28/h4-5,8-13,21,25H,2-3,6-7,14-19H2,1H3,(H,29,32). The Labute approximate surface area is 201 Å². The van der Waals surface area contributed by atoms with Gasteiger partial charge in [-0.3, -0.25) is 14.5 Å². The van der Waals surface area contributed by atoms with Gasteiger partial charge in [-0.05, 0) is 55.0 Å². The maximum Gasteiger partial charge on any atom is 0.256 e. The molecule has 1 saturated carbocycles. The summed E-state index contributed by atoms with van der Waals surface area (Å²) >= 11 is 0. The molecule has 1 saturated heterocycles. The molecular formula is C27H34FN3O3. The van der Waals surface area contributed by atoms with Gasteiger partial charge in [0.2, 0.25) is 5.91 Å². The second-order valence-electron chi connectivity index (χ2n) is 9.19. The number of carbonyl (C=O) groups excluding carboxylic acids is 2. The van der Waals surface area contributed by atoms with Crippen LogP contribution in [0.3, 0.4) is 0 Å². The van der Waals surface area contributed by atoms with E-state index in [1.54, 1.807) is 24.1 Å². The zero-order chi connectivity index (χ0) is 23.9.